The number of alkyl halides is 3. The van der Waals surface area contributed by atoms with Crippen LogP contribution in [0.2, 0.25) is 0 Å². The van der Waals surface area contributed by atoms with Gasteiger partial charge in [0, 0.05) is 0 Å². The molecule has 1 saturated carbocycles. The zero-order chi connectivity index (χ0) is 12.1. The Kier molecular flexibility index (Phi) is 5.48. The molecule has 0 aromatic rings. The fourth-order valence-electron chi connectivity index (χ4n) is 2.30. The van der Waals surface area contributed by atoms with E-state index < -0.39 is 10.9 Å². The third-order valence-corrected chi connectivity index (χ3v) is 4.16. The summed E-state index contributed by atoms with van der Waals surface area (Å²) in [6.07, 6.45) is 3.83. The number of halogens is 3. The van der Waals surface area contributed by atoms with Gasteiger partial charge in [0.2, 0.25) is 0 Å². The predicted molar refractivity (Wildman–Crippen MR) is 63.9 cm³/mol. The third-order valence-electron chi connectivity index (χ3n) is 3.46. The maximum absolute atomic E-state index is 12.9. The molecule has 0 aliphatic heterocycles. The minimum absolute atomic E-state index is 0.180. The fraction of sp³-hybridized carbons (Fsp3) is 1.00. The maximum Gasteiger partial charge on any atom is 0.402 e. The van der Waals surface area contributed by atoms with E-state index in [2.05, 4.69) is 12.6 Å². The Labute approximate surface area is 101 Å². The lowest BCUT2D eigenvalue weighted by atomic mass is 9.93. The van der Waals surface area contributed by atoms with Gasteiger partial charge in [-0.2, -0.15) is 25.8 Å². The number of rotatable bonds is 0. The van der Waals surface area contributed by atoms with Crippen molar-refractivity contribution < 1.29 is 13.2 Å². The monoisotopic (exact) mass is 254 g/mol. The molecule has 0 heterocycles. The number of hydrogen-bond acceptors (Lipinski definition) is 1. The highest BCUT2D eigenvalue weighted by Crippen LogP contribution is 2.43. The van der Waals surface area contributed by atoms with Gasteiger partial charge in [-0.05, 0) is 12.8 Å². The Balaban J connectivity index is 2.57. The van der Waals surface area contributed by atoms with Crippen LogP contribution in [0.1, 0.15) is 64.2 Å². The van der Waals surface area contributed by atoms with Crippen LogP contribution < -0.4 is 0 Å². The Morgan fingerprint density at radius 1 is 0.688 bits per heavy atom. The van der Waals surface area contributed by atoms with Crippen LogP contribution in [-0.2, 0) is 0 Å². The van der Waals surface area contributed by atoms with E-state index >= 15 is 0 Å². The van der Waals surface area contributed by atoms with E-state index in [1.807, 2.05) is 0 Å². The number of hydrogen-bond donors (Lipinski definition) is 1. The first kappa shape index (κ1) is 14.2. The van der Waals surface area contributed by atoms with E-state index in [0.29, 0.717) is 12.8 Å². The summed E-state index contributed by atoms with van der Waals surface area (Å²) in [6, 6.07) is 0. The van der Waals surface area contributed by atoms with Crippen LogP contribution in [0.5, 0.6) is 0 Å². The van der Waals surface area contributed by atoms with Gasteiger partial charge in [0.05, 0.1) is 0 Å². The van der Waals surface area contributed by atoms with Crippen LogP contribution in [0.4, 0.5) is 13.2 Å². The first-order chi connectivity index (χ1) is 7.46. The molecule has 1 rings (SSSR count). The molecule has 16 heavy (non-hydrogen) atoms. The van der Waals surface area contributed by atoms with Crippen molar-refractivity contribution in [2.24, 2.45) is 0 Å². The summed E-state index contributed by atoms with van der Waals surface area (Å²) in [5.74, 6) is 0. The van der Waals surface area contributed by atoms with Crippen LogP contribution in [0.25, 0.3) is 0 Å². The normalized spacial score (nSPS) is 24.8. The van der Waals surface area contributed by atoms with Crippen LogP contribution >= 0.6 is 12.6 Å². The summed E-state index contributed by atoms with van der Waals surface area (Å²) >= 11 is 3.94. The molecule has 0 bridgehead atoms. The van der Waals surface area contributed by atoms with E-state index in [-0.39, 0.29) is 12.8 Å². The van der Waals surface area contributed by atoms with Crippen molar-refractivity contribution in [3.8, 4) is 0 Å². The first-order valence-electron chi connectivity index (χ1n) is 6.25. The molecule has 96 valence electrons. The minimum atomic E-state index is -4.16. The van der Waals surface area contributed by atoms with Crippen molar-refractivity contribution in [1.29, 1.82) is 0 Å². The smallest absolute Gasteiger partial charge is 0.170 e. The second kappa shape index (κ2) is 6.18. The predicted octanol–water partition coefficient (Wildman–Crippen LogP) is 5.13. The molecule has 0 aromatic carbocycles. The van der Waals surface area contributed by atoms with Crippen molar-refractivity contribution >= 4 is 12.6 Å². The summed E-state index contributed by atoms with van der Waals surface area (Å²) in [5.41, 5.74) is 0. The van der Waals surface area contributed by atoms with Gasteiger partial charge in [0.1, 0.15) is 4.75 Å². The van der Waals surface area contributed by atoms with Crippen LogP contribution in [0.15, 0.2) is 0 Å². The van der Waals surface area contributed by atoms with E-state index in [1.165, 1.54) is 12.8 Å². The summed E-state index contributed by atoms with van der Waals surface area (Å²) in [4.78, 5) is 0. The van der Waals surface area contributed by atoms with E-state index in [1.54, 1.807) is 0 Å². The van der Waals surface area contributed by atoms with E-state index in [0.717, 1.165) is 25.7 Å². The largest absolute Gasteiger partial charge is 0.402 e. The molecule has 0 spiro atoms. The van der Waals surface area contributed by atoms with Crippen molar-refractivity contribution in [3.63, 3.8) is 0 Å². The molecule has 4 heteroatoms. The Bertz CT molecular complexity index is 189. The zero-order valence-corrected chi connectivity index (χ0v) is 10.5. The lowest BCUT2D eigenvalue weighted by molar-refractivity contribution is -0.162. The van der Waals surface area contributed by atoms with Gasteiger partial charge in [0.15, 0.2) is 0 Å². The van der Waals surface area contributed by atoms with Gasteiger partial charge in [-0.25, -0.2) is 0 Å². The summed E-state index contributed by atoms with van der Waals surface area (Å²) in [7, 11) is 0. The molecule has 0 nitrogen and oxygen atoms in total. The molecule has 1 fully saturated rings. The summed E-state index contributed by atoms with van der Waals surface area (Å²) in [6.45, 7) is 0. The fourth-order valence-corrected chi connectivity index (χ4v) is 2.62. The quantitative estimate of drug-likeness (QED) is 0.569. The third kappa shape index (κ3) is 4.19. The SMILES string of the molecule is FC(F)(F)C1(S)CCCCCCCCCC1. The average molecular weight is 254 g/mol. The maximum atomic E-state index is 12.9. The number of thiol groups is 1. The molecule has 1 aliphatic rings. The molecule has 0 radical (unpaired) electrons. The Morgan fingerprint density at radius 3 is 1.31 bits per heavy atom. The lowest BCUT2D eigenvalue weighted by Gasteiger charge is -2.31. The van der Waals surface area contributed by atoms with Crippen LogP contribution in [0.3, 0.4) is 0 Å². The van der Waals surface area contributed by atoms with Crippen molar-refractivity contribution in [3.05, 3.63) is 0 Å². The summed E-state index contributed by atoms with van der Waals surface area (Å²) in [5, 5.41) is 0. The van der Waals surface area contributed by atoms with E-state index in [4.69, 9.17) is 0 Å². The van der Waals surface area contributed by atoms with Gasteiger partial charge in [-0.3, -0.25) is 0 Å². The van der Waals surface area contributed by atoms with Gasteiger partial charge in [-0.1, -0.05) is 51.4 Å². The Morgan fingerprint density at radius 2 is 1.00 bits per heavy atom. The standard InChI is InChI=1S/C12H21F3S/c13-12(14,15)11(16)9-7-5-3-1-2-4-6-8-10-11/h16H,1-10H2. The zero-order valence-electron chi connectivity index (χ0n) is 9.65. The molecule has 0 N–H and O–H groups in total. The molecule has 1 aliphatic carbocycles. The Hall–Kier alpha value is 0.140. The second-order valence-corrected chi connectivity index (χ2v) is 5.71. The molecule has 0 amide bonds. The van der Waals surface area contributed by atoms with Crippen molar-refractivity contribution in [2.75, 3.05) is 0 Å². The van der Waals surface area contributed by atoms with E-state index in [9.17, 15) is 13.2 Å². The molecule has 0 aromatic heterocycles. The highest BCUT2D eigenvalue weighted by Gasteiger charge is 2.50. The molecular weight excluding hydrogens is 233 g/mol. The molecule has 0 saturated heterocycles. The molecular formula is C12H21F3S. The molecule has 0 atom stereocenters. The topological polar surface area (TPSA) is 0 Å². The average Bonchev–Trinajstić information content (AvgIpc) is 2.22. The summed E-state index contributed by atoms with van der Waals surface area (Å²) < 4.78 is 37.0. The second-order valence-electron chi connectivity index (χ2n) is 4.86. The highest BCUT2D eigenvalue weighted by atomic mass is 32.1. The molecule has 0 unspecified atom stereocenters. The van der Waals surface area contributed by atoms with Gasteiger partial charge in [-0.15, -0.1) is 0 Å². The van der Waals surface area contributed by atoms with Gasteiger partial charge >= 0.3 is 6.18 Å². The highest BCUT2D eigenvalue weighted by molar-refractivity contribution is 7.81. The lowest BCUT2D eigenvalue weighted by Crippen LogP contribution is -2.39. The minimum Gasteiger partial charge on any atom is -0.170 e. The van der Waals surface area contributed by atoms with Crippen molar-refractivity contribution in [2.45, 2.75) is 75.1 Å². The van der Waals surface area contributed by atoms with Gasteiger partial charge in [0.25, 0.3) is 0 Å². The van der Waals surface area contributed by atoms with Crippen LogP contribution in [-0.4, -0.2) is 10.9 Å². The van der Waals surface area contributed by atoms with Crippen molar-refractivity contribution in [1.82, 2.24) is 0 Å². The van der Waals surface area contributed by atoms with Gasteiger partial charge < -0.3 is 0 Å². The van der Waals surface area contributed by atoms with Crippen LogP contribution in [0, 0.1) is 0 Å². The first-order valence-corrected chi connectivity index (χ1v) is 6.69.